The normalized spacial score (nSPS) is 28.5. The van der Waals surface area contributed by atoms with E-state index in [1.54, 1.807) is 16.4 Å². The first-order chi connectivity index (χ1) is 11.8. The third kappa shape index (κ3) is 5.39. The molecule has 3 rings (SSSR count). The summed E-state index contributed by atoms with van der Waals surface area (Å²) >= 11 is 0. The van der Waals surface area contributed by atoms with Crippen LogP contribution in [-0.2, 0) is 10.0 Å². The molecule has 0 amide bonds. The smallest absolute Gasteiger partial charge is 0.211 e. The van der Waals surface area contributed by atoms with Crippen LogP contribution in [0.1, 0.15) is 43.8 Å². The van der Waals surface area contributed by atoms with E-state index in [1.807, 2.05) is 0 Å². The number of hydrogen-bond acceptors (Lipinski definition) is 4. The zero-order chi connectivity index (χ0) is 18.0. The molecule has 148 valence electrons. The summed E-state index contributed by atoms with van der Waals surface area (Å²) in [5, 5.41) is 14.0. The highest BCUT2D eigenvalue weighted by molar-refractivity contribution is 7.88. The van der Waals surface area contributed by atoms with E-state index >= 15 is 0 Å². The Kier molecular flexibility index (Phi) is 7.44. The average molecular weight is 407 g/mol. The quantitative estimate of drug-likeness (QED) is 0.788. The summed E-state index contributed by atoms with van der Waals surface area (Å²) < 4.78 is 38.4. The number of piperidine rings is 1. The lowest BCUT2D eigenvalue weighted by molar-refractivity contribution is 0.133. The second-order valence-electron chi connectivity index (χ2n) is 7.41. The highest BCUT2D eigenvalue weighted by Crippen LogP contribution is 2.30. The minimum absolute atomic E-state index is 0. The SMILES string of the molecule is CS(=O)(=O)N1CCC[C@@H](C[C@@H]2CC[C@H]([C@@H](O)c3cccc(F)c3)N2)C1.Cl. The van der Waals surface area contributed by atoms with Gasteiger partial charge in [0, 0.05) is 25.2 Å². The van der Waals surface area contributed by atoms with E-state index in [4.69, 9.17) is 0 Å². The second kappa shape index (κ2) is 8.97. The van der Waals surface area contributed by atoms with E-state index in [-0.39, 0.29) is 30.3 Å². The molecule has 1 aromatic carbocycles. The highest BCUT2D eigenvalue weighted by atomic mass is 35.5. The standard InChI is InChI=1S/C18H27FN2O3S.ClH/c1-25(23,24)21-9-3-4-13(12-21)10-16-7-8-17(20-16)18(22)14-5-2-6-15(19)11-14;/h2,5-6,11,13,16-18,20,22H,3-4,7-10,12H2,1H3;1H/t13-,16-,17+,18-;/m0./s1. The van der Waals surface area contributed by atoms with E-state index in [0.29, 0.717) is 24.6 Å². The number of nitrogens with zero attached hydrogens (tertiary/aromatic N) is 1. The van der Waals surface area contributed by atoms with Crippen molar-refractivity contribution in [3.8, 4) is 0 Å². The molecule has 1 aromatic rings. The van der Waals surface area contributed by atoms with Gasteiger partial charge in [-0.25, -0.2) is 17.1 Å². The Morgan fingerprint density at radius 2 is 2.12 bits per heavy atom. The van der Waals surface area contributed by atoms with E-state index in [0.717, 1.165) is 32.1 Å². The molecule has 8 heteroatoms. The van der Waals surface area contributed by atoms with Crippen molar-refractivity contribution >= 4 is 22.4 Å². The lowest BCUT2D eigenvalue weighted by atomic mass is 9.92. The first-order valence-electron chi connectivity index (χ1n) is 8.97. The first kappa shape index (κ1) is 21.6. The van der Waals surface area contributed by atoms with Gasteiger partial charge in [-0.05, 0) is 55.7 Å². The Morgan fingerprint density at radius 1 is 1.35 bits per heavy atom. The predicted molar refractivity (Wildman–Crippen MR) is 102 cm³/mol. The Morgan fingerprint density at radius 3 is 2.81 bits per heavy atom. The molecule has 0 aromatic heterocycles. The molecule has 0 bridgehead atoms. The van der Waals surface area contributed by atoms with Crippen molar-refractivity contribution in [2.24, 2.45) is 5.92 Å². The van der Waals surface area contributed by atoms with Crippen LogP contribution in [0.4, 0.5) is 4.39 Å². The van der Waals surface area contributed by atoms with Gasteiger partial charge in [0.1, 0.15) is 5.82 Å². The molecule has 2 fully saturated rings. The Bertz CT molecular complexity index is 703. The maximum Gasteiger partial charge on any atom is 0.211 e. The van der Waals surface area contributed by atoms with Gasteiger partial charge in [0.25, 0.3) is 0 Å². The minimum atomic E-state index is -3.12. The van der Waals surface area contributed by atoms with Gasteiger partial charge in [0.2, 0.25) is 10.0 Å². The molecule has 2 N–H and O–H groups in total. The molecule has 26 heavy (non-hydrogen) atoms. The van der Waals surface area contributed by atoms with Crippen molar-refractivity contribution in [3.63, 3.8) is 0 Å². The zero-order valence-corrected chi connectivity index (χ0v) is 16.6. The van der Waals surface area contributed by atoms with E-state index < -0.39 is 16.1 Å². The van der Waals surface area contributed by atoms with Crippen LogP contribution >= 0.6 is 12.4 Å². The molecule has 2 saturated heterocycles. The van der Waals surface area contributed by atoms with Crippen LogP contribution in [-0.4, -0.2) is 49.3 Å². The van der Waals surface area contributed by atoms with Crippen molar-refractivity contribution in [2.75, 3.05) is 19.3 Å². The number of nitrogens with one attached hydrogen (secondary N) is 1. The second-order valence-corrected chi connectivity index (χ2v) is 9.39. The number of hydrogen-bond donors (Lipinski definition) is 2. The Labute approximate surface area is 161 Å². The van der Waals surface area contributed by atoms with Crippen LogP contribution in [0.25, 0.3) is 0 Å². The molecule has 5 nitrogen and oxygen atoms in total. The van der Waals surface area contributed by atoms with Gasteiger partial charge >= 0.3 is 0 Å². The van der Waals surface area contributed by atoms with Gasteiger partial charge in [-0.3, -0.25) is 0 Å². The fraction of sp³-hybridized carbons (Fsp3) is 0.667. The monoisotopic (exact) mass is 406 g/mol. The molecule has 0 unspecified atom stereocenters. The topological polar surface area (TPSA) is 69.6 Å². The first-order valence-corrected chi connectivity index (χ1v) is 10.8. The van der Waals surface area contributed by atoms with Crippen LogP contribution in [0.3, 0.4) is 0 Å². The van der Waals surface area contributed by atoms with Crippen molar-refractivity contribution < 1.29 is 17.9 Å². The number of aliphatic hydroxyl groups excluding tert-OH is 1. The summed E-state index contributed by atoms with van der Waals surface area (Å²) in [5.41, 5.74) is 0.596. The fourth-order valence-electron chi connectivity index (χ4n) is 4.13. The Balaban J connectivity index is 0.00000243. The van der Waals surface area contributed by atoms with Crippen molar-refractivity contribution in [3.05, 3.63) is 35.6 Å². The third-order valence-corrected chi connectivity index (χ3v) is 6.69. The summed E-state index contributed by atoms with van der Waals surface area (Å²) in [5.74, 6) is 0.0141. The molecule has 0 radical (unpaired) electrons. The van der Waals surface area contributed by atoms with Gasteiger partial charge in [-0.1, -0.05) is 12.1 Å². The number of aliphatic hydroxyl groups is 1. The third-order valence-electron chi connectivity index (χ3n) is 5.42. The van der Waals surface area contributed by atoms with Gasteiger partial charge in [0.05, 0.1) is 12.4 Å². The number of sulfonamides is 1. The number of halogens is 2. The Hall–Kier alpha value is -0.730. The van der Waals surface area contributed by atoms with Crippen LogP contribution in [0.2, 0.25) is 0 Å². The summed E-state index contributed by atoms with van der Waals surface area (Å²) in [4.78, 5) is 0. The molecule has 2 aliphatic rings. The predicted octanol–water partition coefficient (Wildman–Crippen LogP) is 2.46. The maximum absolute atomic E-state index is 13.3. The molecule has 0 saturated carbocycles. The average Bonchev–Trinajstić information content (AvgIpc) is 3.02. The van der Waals surface area contributed by atoms with E-state index in [9.17, 15) is 17.9 Å². The van der Waals surface area contributed by atoms with Crippen molar-refractivity contribution in [2.45, 2.75) is 50.3 Å². The van der Waals surface area contributed by atoms with Crippen LogP contribution in [0.15, 0.2) is 24.3 Å². The van der Waals surface area contributed by atoms with Crippen LogP contribution in [0, 0.1) is 11.7 Å². The highest BCUT2D eigenvalue weighted by Gasteiger charge is 2.33. The van der Waals surface area contributed by atoms with Gasteiger partial charge < -0.3 is 10.4 Å². The van der Waals surface area contributed by atoms with Crippen molar-refractivity contribution in [1.29, 1.82) is 0 Å². The lowest BCUT2D eigenvalue weighted by Crippen LogP contribution is -2.42. The molecule has 4 atom stereocenters. The summed E-state index contributed by atoms with van der Waals surface area (Å²) in [6.07, 6.45) is 5.20. The van der Waals surface area contributed by atoms with E-state index in [1.165, 1.54) is 18.4 Å². The van der Waals surface area contributed by atoms with Crippen LogP contribution in [0.5, 0.6) is 0 Å². The molecule has 0 spiro atoms. The molecular formula is C18H28ClFN2O3S. The molecule has 2 heterocycles. The lowest BCUT2D eigenvalue weighted by Gasteiger charge is -2.32. The van der Waals surface area contributed by atoms with Crippen LogP contribution < -0.4 is 5.32 Å². The summed E-state index contributed by atoms with van der Waals surface area (Å²) in [6, 6.07) is 6.30. The maximum atomic E-state index is 13.3. The number of benzene rings is 1. The molecular weight excluding hydrogens is 379 g/mol. The molecule has 0 aliphatic carbocycles. The van der Waals surface area contributed by atoms with Gasteiger partial charge in [-0.2, -0.15) is 0 Å². The summed E-state index contributed by atoms with van der Waals surface area (Å²) in [6.45, 7) is 1.21. The molecule has 2 aliphatic heterocycles. The van der Waals surface area contributed by atoms with Gasteiger partial charge in [-0.15, -0.1) is 12.4 Å². The number of rotatable bonds is 5. The zero-order valence-electron chi connectivity index (χ0n) is 15.0. The van der Waals surface area contributed by atoms with Gasteiger partial charge in [0.15, 0.2) is 0 Å². The fourth-order valence-corrected chi connectivity index (χ4v) is 5.07. The van der Waals surface area contributed by atoms with Crippen molar-refractivity contribution in [1.82, 2.24) is 9.62 Å². The largest absolute Gasteiger partial charge is 0.387 e. The summed E-state index contributed by atoms with van der Waals surface area (Å²) in [7, 11) is -3.12. The minimum Gasteiger partial charge on any atom is -0.387 e. The van der Waals surface area contributed by atoms with E-state index in [2.05, 4.69) is 5.32 Å².